The number of nitrogens with one attached hydrogen (secondary N) is 1. The number of nitrogens with zero attached hydrogens (tertiary/aromatic N) is 5. The summed E-state index contributed by atoms with van der Waals surface area (Å²) in [4.78, 5) is 38.0. The van der Waals surface area contributed by atoms with Crippen LogP contribution in [-0.4, -0.2) is 75.3 Å². The van der Waals surface area contributed by atoms with E-state index in [2.05, 4.69) is 20.6 Å². The van der Waals surface area contributed by atoms with Crippen LogP contribution < -0.4 is 11.0 Å². The van der Waals surface area contributed by atoms with Gasteiger partial charge >= 0.3 is 11.7 Å². The van der Waals surface area contributed by atoms with E-state index in [9.17, 15) is 14.4 Å². The maximum absolute atomic E-state index is 12.3. The van der Waals surface area contributed by atoms with Gasteiger partial charge in [0.25, 0.3) is 0 Å². The molecule has 0 atom stereocenters. The van der Waals surface area contributed by atoms with Crippen molar-refractivity contribution in [2.45, 2.75) is 51.7 Å². The van der Waals surface area contributed by atoms with Crippen LogP contribution >= 0.6 is 0 Å². The Hall–Kier alpha value is -2.07. The van der Waals surface area contributed by atoms with Gasteiger partial charge in [-0.1, -0.05) is 6.92 Å². The number of carbonyl (C=O) groups is 2. The summed E-state index contributed by atoms with van der Waals surface area (Å²) in [6.45, 7) is 6.73. The molecule has 0 amide bonds. The lowest BCUT2D eigenvalue weighted by Crippen LogP contribution is -2.60. The summed E-state index contributed by atoms with van der Waals surface area (Å²) >= 11 is 0. The third-order valence-electron chi connectivity index (χ3n) is 4.93. The molecule has 0 spiro atoms. The minimum atomic E-state index is -0.821. The number of carbonyl (C=O) groups excluding carboxylic acids is 2. The Morgan fingerprint density at radius 3 is 2.35 bits per heavy atom. The van der Waals surface area contributed by atoms with Gasteiger partial charge in [0.1, 0.15) is 11.3 Å². The van der Waals surface area contributed by atoms with Gasteiger partial charge < -0.3 is 9.64 Å². The van der Waals surface area contributed by atoms with Crippen LogP contribution in [0.1, 0.15) is 33.1 Å². The number of hydrogen-bond acceptors (Lipinski definition) is 8. The minimum absolute atomic E-state index is 0.0640. The van der Waals surface area contributed by atoms with Gasteiger partial charge in [-0.05, 0) is 30.2 Å². The number of tetrazole rings is 1. The number of aromatic nitrogens is 4. The van der Waals surface area contributed by atoms with Gasteiger partial charge in [0.05, 0.1) is 20.2 Å². The van der Waals surface area contributed by atoms with Crippen molar-refractivity contribution >= 4 is 11.8 Å². The number of methoxy groups -OCH3 is 1. The highest BCUT2D eigenvalue weighted by Crippen LogP contribution is 2.24. The number of hydrogen-bond donors (Lipinski definition) is 1. The largest absolute Gasteiger partial charge is 0.468 e. The maximum Gasteiger partial charge on any atom is 0.363 e. The first-order valence-electron chi connectivity index (χ1n) is 9.04. The molecular weight excluding hydrogens is 340 g/mol. The van der Waals surface area contributed by atoms with Gasteiger partial charge in [0.2, 0.25) is 0 Å². The van der Waals surface area contributed by atoms with Gasteiger partial charge in [0, 0.05) is 32.6 Å². The second-order valence-electron chi connectivity index (χ2n) is 6.46. The van der Waals surface area contributed by atoms with Gasteiger partial charge in [-0.15, -0.1) is 0 Å². The van der Waals surface area contributed by atoms with E-state index >= 15 is 0 Å². The first kappa shape index (κ1) is 20.2. The van der Waals surface area contributed by atoms with Crippen LogP contribution in [0.4, 0.5) is 0 Å². The molecule has 0 radical (unpaired) electrons. The second kappa shape index (κ2) is 9.04. The minimum Gasteiger partial charge on any atom is -0.468 e. The maximum atomic E-state index is 12.3. The molecule has 0 aromatic carbocycles. The number of esters is 1. The molecular formula is C16H28N6O4. The monoisotopic (exact) mass is 368 g/mol. The van der Waals surface area contributed by atoms with Gasteiger partial charge in [0.15, 0.2) is 0 Å². The van der Waals surface area contributed by atoms with Crippen molar-refractivity contribution < 1.29 is 14.3 Å². The molecule has 0 aliphatic carbocycles. The average Bonchev–Trinajstić information content (AvgIpc) is 3.04. The van der Waals surface area contributed by atoms with Crippen LogP contribution in [0.5, 0.6) is 0 Å². The molecule has 0 bridgehead atoms. The van der Waals surface area contributed by atoms with Crippen LogP contribution in [0.3, 0.4) is 0 Å². The number of likely N-dealkylation sites (tertiary alicyclic amines) is 1. The molecule has 0 saturated carbocycles. The van der Waals surface area contributed by atoms with Crippen molar-refractivity contribution in [3.8, 4) is 0 Å². The number of Topliss-reactive ketones (excluding diaryl/α,β-unsaturated/α-hetero) is 1. The van der Waals surface area contributed by atoms with E-state index in [1.165, 1.54) is 16.5 Å². The third kappa shape index (κ3) is 4.55. The molecule has 1 aromatic heterocycles. The smallest absolute Gasteiger partial charge is 0.363 e. The zero-order chi connectivity index (χ0) is 19.2. The Kier molecular flexibility index (Phi) is 7.04. The Morgan fingerprint density at radius 1 is 1.15 bits per heavy atom. The summed E-state index contributed by atoms with van der Waals surface area (Å²) in [6, 6.07) is 0. The highest BCUT2D eigenvalue weighted by atomic mass is 16.5. The van der Waals surface area contributed by atoms with Crippen LogP contribution in [-0.2, 0) is 27.4 Å². The number of ether oxygens (including phenoxy) is 1. The van der Waals surface area contributed by atoms with E-state index in [0.29, 0.717) is 52.0 Å². The molecule has 1 fully saturated rings. The summed E-state index contributed by atoms with van der Waals surface area (Å²) in [7, 11) is 1.36. The first-order valence-corrected chi connectivity index (χ1v) is 9.04. The third-order valence-corrected chi connectivity index (χ3v) is 4.93. The number of rotatable bonds is 9. The van der Waals surface area contributed by atoms with E-state index < -0.39 is 5.54 Å². The van der Waals surface area contributed by atoms with Crippen LogP contribution in [0.2, 0.25) is 0 Å². The molecule has 1 aromatic rings. The van der Waals surface area contributed by atoms with E-state index in [4.69, 9.17) is 4.74 Å². The quantitative estimate of drug-likeness (QED) is 0.555. The van der Waals surface area contributed by atoms with Gasteiger partial charge in [-0.3, -0.25) is 14.9 Å². The molecule has 0 unspecified atom stereocenters. The van der Waals surface area contributed by atoms with Crippen molar-refractivity contribution in [2.75, 3.05) is 33.3 Å². The molecule has 146 valence electrons. The van der Waals surface area contributed by atoms with Crippen molar-refractivity contribution in [3.05, 3.63) is 10.5 Å². The summed E-state index contributed by atoms with van der Waals surface area (Å²) in [5.41, 5.74) is -1.04. The molecule has 10 heteroatoms. The van der Waals surface area contributed by atoms with Crippen LogP contribution in [0.25, 0.3) is 0 Å². The Bertz CT molecular complexity index is 675. The fourth-order valence-electron chi connectivity index (χ4n) is 3.08. The second-order valence-corrected chi connectivity index (χ2v) is 6.46. The van der Waals surface area contributed by atoms with Crippen molar-refractivity contribution in [1.82, 2.24) is 30.0 Å². The SMILES string of the molecule is CCC(=O)CNC1(C(=O)OC)CCN(CCn2nnn(CC)c2=O)CC1. The lowest BCUT2D eigenvalue weighted by molar-refractivity contribution is -0.151. The van der Waals surface area contributed by atoms with Crippen molar-refractivity contribution in [1.29, 1.82) is 0 Å². The molecule has 26 heavy (non-hydrogen) atoms. The lowest BCUT2D eigenvalue weighted by Gasteiger charge is -2.40. The highest BCUT2D eigenvalue weighted by Gasteiger charge is 2.42. The molecule has 2 rings (SSSR count). The Morgan fingerprint density at radius 2 is 1.81 bits per heavy atom. The molecule has 10 nitrogen and oxygen atoms in total. The van der Waals surface area contributed by atoms with E-state index in [1.54, 1.807) is 6.92 Å². The summed E-state index contributed by atoms with van der Waals surface area (Å²) in [6.07, 6.45) is 1.53. The van der Waals surface area contributed by atoms with Gasteiger partial charge in [-0.2, -0.15) is 9.36 Å². The Labute approximate surface area is 152 Å². The Balaban J connectivity index is 1.91. The molecule has 1 aliphatic rings. The predicted octanol–water partition coefficient (Wildman–Crippen LogP) is -0.964. The topological polar surface area (TPSA) is 111 Å². The van der Waals surface area contributed by atoms with E-state index in [-0.39, 0.29) is 24.0 Å². The average molecular weight is 368 g/mol. The van der Waals surface area contributed by atoms with E-state index in [0.717, 1.165) is 0 Å². The van der Waals surface area contributed by atoms with E-state index in [1.807, 2.05) is 6.92 Å². The number of aryl methyl sites for hydroxylation is 1. The molecule has 1 aliphatic heterocycles. The standard InChI is InChI=1S/C16H28N6O4/c1-4-13(23)12-17-16(14(24)26-3)6-8-20(9-7-16)10-11-22-15(25)21(5-2)18-19-22/h17H,4-12H2,1-3H3. The summed E-state index contributed by atoms with van der Waals surface area (Å²) in [5.74, 6) is -0.266. The normalized spacial score (nSPS) is 17.2. The van der Waals surface area contributed by atoms with Crippen LogP contribution in [0, 0.1) is 0 Å². The van der Waals surface area contributed by atoms with Gasteiger partial charge in [-0.25, -0.2) is 4.79 Å². The molecule has 1 N–H and O–H groups in total. The summed E-state index contributed by atoms with van der Waals surface area (Å²) in [5, 5.41) is 10.8. The summed E-state index contributed by atoms with van der Waals surface area (Å²) < 4.78 is 7.62. The van der Waals surface area contributed by atoms with Crippen molar-refractivity contribution in [3.63, 3.8) is 0 Å². The lowest BCUT2D eigenvalue weighted by atomic mass is 9.87. The fourth-order valence-corrected chi connectivity index (χ4v) is 3.08. The fraction of sp³-hybridized carbons (Fsp3) is 0.812. The predicted molar refractivity (Wildman–Crippen MR) is 93.7 cm³/mol. The van der Waals surface area contributed by atoms with Crippen molar-refractivity contribution in [2.24, 2.45) is 0 Å². The number of ketones is 1. The number of piperidine rings is 1. The highest BCUT2D eigenvalue weighted by molar-refractivity contribution is 5.84. The van der Waals surface area contributed by atoms with Crippen LogP contribution in [0.15, 0.2) is 4.79 Å². The molecule has 2 heterocycles. The first-order chi connectivity index (χ1) is 12.5. The molecule has 1 saturated heterocycles. The zero-order valence-electron chi connectivity index (χ0n) is 15.7. The zero-order valence-corrected chi connectivity index (χ0v) is 15.7.